The molecule has 0 bridgehead atoms. The van der Waals surface area contributed by atoms with Crippen molar-refractivity contribution in [3.63, 3.8) is 0 Å². The number of fused-ring (bicyclic) bond motifs is 1. The smallest absolute Gasteiger partial charge is 0.269 e. The molecule has 0 saturated carbocycles. The highest BCUT2D eigenvalue weighted by Gasteiger charge is 2.12. The molecule has 1 aromatic carbocycles. The molecular weight excluding hydrogens is 386 g/mol. The third-order valence-electron chi connectivity index (χ3n) is 4.47. The van der Waals surface area contributed by atoms with Gasteiger partial charge in [-0.1, -0.05) is 23.5 Å². The third kappa shape index (κ3) is 3.97. The number of carbonyl (C=O) groups excluding carboxylic acids is 2. The van der Waals surface area contributed by atoms with E-state index in [0.29, 0.717) is 16.4 Å². The van der Waals surface area contributed by atoms with E-state index in [-0.39, 0.29) is 23.8 Å². The van der Waals surface area contributed by atoms with Crippen LogP contribution in [0, 0.1) is 0 Å². The van der Waals surface area contributed by atoms with Gasteiger partial charge in [-0.15, -0.1) is 0 Å². The minimum Gasteiger partial charge on any atom is -0.375 e. The number of thiazole rings is 1. The number of nitrogens with zero attached hydrogens (tertiary/aromatic N) is 3. The lowest BCUT2D eigenvalue weighted by Crippen LogP contribution is -2.19. The molecule has 144 valence electrons. The summed E-state index contributed by atoms with van der Waals surface area (Å²) in [5, 5.41) is 4.99. The van der Waals surface area contributed by atoms with Crippen LogP contribution in [0.15, 0.2) is 55.0 Å². The molecule has 0 spiro atoms. The van der Waals surface area contributed by atoms with Crippen molar-refractivity contribution >= 4 is 38.9 Å². The normalized spacial score (nSPS) is 10.8. The number of Topliss-reactive ketones (excluding diaryl/α,β-unsaturated/α-hetero) is 1. The number of nitrogen functional groups attached to an aromatic ring is 1. The van der Waals surface area contributed by atoms with Gasteiger partial charge in [-0.2, -0.15) is 0 Å². The first-order chi connectivity index (χ1) is 14.0. The number of anilines is 1. The second kappa shape index (κ2) is 7.76. The summed E-state index contributed by atoms with van der Waals surface area (Å²) >= 11 is 1.43. The molecule has 8 heteroatoms. The Morgan fingerprint density at radius 1 is 1.00 bits per heavy atom. The van der Waals surface area contributed by atoms with Crippen molar-refractivity contribution in [2.45, 2.75) is 6.42 Å². The average molecular weight is 403 g/mol. The predicted octanol–water partition coefficient (Wildman–Crippen LogP) is 3.12. The van der Waals surface area contributed by atoms with Crippen molar-refractivity contribution < 1.29 is 9.59 Å². The lowest BCUT2D eigenvalue weighted by molar-refractivity contribution is 0.0953. The lowest BCUT2D eigenvalue weighted by Gasteiger charge is -2.05. The summed E-state index contributed by atoms with van der Waals surface area (Å²) < 4.78 is 0. The molecule has 29 heavy (non-hydrogen) atoms. The van der Waals surface area contributed by atoms with Gasteiger partial charge >= 0.3 is 0 Å². The molecule has 3 heterocycles. The zero-order valence-corrected chi connectivity index (χ0v) is 16.4. The fourth-order valence-electron chi connectivity index (χ4n) is 2.95. The maximum atomic E-state index is 12.6. The van der Waals surface area contributed by atoms with Crippen molar-refractivity contribution in [3.8, 4) is 10.4 Å². The molecule has 0 fully saturated rings. The fourth-order valence-corrected chi connectivity index (χ4v) is 3.63. The zero-order chi connectivity index (χ0) is 20.4. The number of ketones is 1. The molecule has 7 nitrogen and oxygen atoms in total. The average Bonchev–Trinajstić information content (AvgIpc) is 3.19. The Morgan fingerprint density at radius 2 is 1.86 bits per heavy atom. The molecule has 3 aromatic heterocycles. The maximum Gasteiger partial charge on any atom is 0.269 e. The van der Waals surface area contributed by atoms with E-state index in [2.05, 4.69) is 20.3 Å². The number of hydrogen-bond acceptors (Lipinski definition) is 7. The Morgan fingerprint density at radius 3 is 2.55 bits per heavy atom. The predicted molar refractivity (Wildman–Crippen MR) is 113 cm³/mol. The molecule has 0 saturated heterocycles. The number of pyridine rings is 2. The molecule has 0 aliphatic heterocycles. The van der Waals surface area contributed by atoms with Gasteiger partial charge < -0.3 is 11.1 Å². The van der Waals surface area contributed by atoms with Crippen molar-refractivity contribution in [3.05, 3.63) is 71.9 Å². The van der Waals surface area contributed by atoms with Gasteiger partial charge in [0.15, 0.2) is 10.9 Å². The topological polar surface area (TPSA) is 111 Å². The van der Waals surface area contributed by atoms with E-state index in [1.807, 2.05) is 24.3 Å². The molecule has 0 aliphatic rings. The van der Waals surface area contributed by atoms with E-state index in [4.69, 9.17) is 5.73 Å². The summed E-state index contributed by atoms with van der Waals surface area (Å²) in [4.78, 5) is 37.7. The molecule has 0 aliphatic carbocycles. The summed E-state index contributed by atoms with van der Waals surface area (Å²) in [5.41, 5.74) is 8.12. The zero-order valence-electron chi connectivity index (χ0n) is 15.5. The summed E-state index contributed by atoms with van der Waals surface area (Å²) in [6, 6.07) is 11.1. The molecular formula is C21H17N5O2S. The van der Waals surface area contributed by atoms with E-state index in [1.165, 1.54) is 30.6 Å². The van der Waals surface area contributed by atoms with Crippen LogP contribution in [-0.2, 0) is 6.42 Å². The maximum absolute atomic E-state index is 12.6. The van der Waals surface area contributed by atoms with E-state index >= 15 is 0 Å². The van der Waals surface area contributed by atoms with E-state index in [0.717, 1.165) is 21.2 Å². The number of hydrogen-bond donors (Lipinski definition) is 2. The number of amides is 1. The Labute approximate surface area is 170 Å². The molecule has 3 N–H and O–H groups in total. The Hall–Kier alpha value is -3.65. The number of benzene rings is 1. The highest BCUT2D eigenvalue weighted by molar-refractivity contribution is 7.18. The summed E-state index contributed by atoms with van der Waals surface area (Å²) in [5.74, 6) is -0.405. The Kier molecular flexibility index (Phi) is 5.01. The highest BCUT2D eigenvalue weighted by Crippen LogP contribution is 2.30. The first-order valence-corrected chi connectivity index (χ1v) is 9.67. The Bertz CT molecular complexity index is 1220. The van der Waals surface area contributed by atoms with E-state index in [9.17, 15) is 9.59 Å². The summed E-state index contributed by atoms with van der Waals surface area (Å²) in [6.07, 6.45) is 5.08. The molecule has 0 unspecified atom stereocenters. The third-order valence-corrected chi connectivity index (χ3v) is 5.35. The van der Waals surface area contributed by atoms with Crippen molar-refractivity contribution in [1.29, 1.82) is 0 Å². The molecule has 4 rings (SSSR count). The number of nitrogens with two attached hydrogens (primary N) is 1. The van der Waals surface area contributed by atoms with Crippen LogP contribution < -0.4 is 11.1 Å². The van der Waals surface area contributed by atoms with Crippen LogP contribution >= 0.6 is 11.3 Å². The van der Waals surface area contributed by atoms with Crippen LogP contribution in [0.3, 0.4) is 0 Å². The summed E-state index contributed by atoms with van der Waals surface area (Å²) in [7, 11) is 1.53. The number of aromatic nitrogens is 3. The van der Waals surface area contributed by atoms with Crippen LogP contribution in [0.5, 0.6) is 0 Å². The van der Waals surface area contributed by atoms with Crippen LogP contribution in [0.2, 0.25) is 0 Å². The van der Waals surface area contributed by atoms with E-state index in [1.54, 1.807) is 18.5 Å². The quantitative estimate of drug-likeness (QED) is 0.495. The second-order valence-electron chi connectivity index (χ2n) is 6.41. The first kappa shape index (κ1) is 18.7. The molecule has 1 amide bonds. The molecule has 0 radical (unpaired) electrons. The lowest BCUT2D eigenvalue weighted by atomic mass is 10.0. The van der Waals surface area contributed by atoms with Crippen LogP contribution in [0.25, 0.3) is 21.2 Å². The van der Waals surface area contributed by atoms with Gasteiger partial charge in [0.2, 0.25) is 0 Å². The van der Waals surface area contributed by atoms with Crippen molar-refractivity contribution in [2.75, 3.05) is 12.8 Å². The fraction of sp³-hybridized carbons (Fsp3) is 0.0952. The standard InChI is InChI=1S/C21H17N5O2S/c1-23-20(28)17-5-4-14(10-25-17)18(27)8-16-7-15-6-12(2-3-13(15)9-24-16)19-11-26-21(22)29-19/h2-7,9-11H,8H2,1H3,(H2,22,26)(H,23,28). The largest absolute Gasteiger partial charge is 0.375 e. The SMILES string of the molecule is CNC(=O)c1ccc(C(=O)Cc2cc3cc(-c4cnc(N)s4)ccc3cn2)cn1. The molecule has 0 atom stereocenters. The second-order valence-corrected chi connectivity index (χ2v) is 7.47. The van der Waals surface area contributed by atoms with Gasteiger partial charge in [0, 0.05) is 42.3 Å². The van der Waals surface area contributed by atoms with Gasteiger partial charge in [0.25, 0.3) is 5.91 Å². The Balaban J connectivity index is 1.57. The van der Waals surface area contributed by atoms with Crippen LogP contribution in [0.1, 0.15) is 26.5 Å². The van der Waals surface area contributed by atoms with Gasteiger partial charge in [0.05, 0.1) is 11.3 Å². The highest BCUT2D eigenvalue weighted by atomic mass is 32.1. The number of rotatable bonds is 5. The monoisotopic (exact) mass is 403 g/mol. The van der Waals surface area contributed by atoms with Gasteiger partial charge in [-0.3, -0.25) is 19.6 Å². The van der Waals surface area contributed by atoms with Gasteiger partial charge in [0.1, 0.15) is 5.69 Å². The minimum atomic E-state index is -0.293. The van der Waals surface area contributed by atoms with E-state index < -0.39 is 0 Å². The van der Waals surface area contributed by atoms with Crippen LogP contribution in [0.4, 0.5) is 5.13 Å². The van der Waals surface area contributed by atoms with Crippen molar-refractivity contribution in [2.24, 2.45) is 0 Å². The first-order valence-electron chi connectivity index (χ1n) is 8.85. The molecule has 4 aromatic rings. The number of nitrogens with one attached hydrogen (secondary N) is 1. The number of carbonyl (C=O) groups is 2. The van der Waals surface area contributed by atoms with Crippen LogP contribution in [-0.4, -0.2) is 33.7 Å². The van der Waals surface area contributed by atoms with Gasteiger partial charge in [-0.05, 0) is 35.2 Å². The van der Waals surface area contributed by atoms with Crippen molar-refractivity contribution in [1.82, 2.24) is 20.3 Å². The van der Waals surface area contributed by atoms with Gasteiger partial charge in [-0.25, -0.2) is 4.98 Å². The summed E-state index contributed by atoms with van der Waals surface area (Å²) in [6.45, 7) is 0. The minimum absolute atomic E-state index is 0.112.